The lowest BCUT2D eigenvalue weighted by Gasteiger charge is -2.27. The summed E-state index contributed by atoms with van der Waals surface area (Å²) in [4.78, 5) is 16.7. The second kappa shape index (κ2) is 5.20. The maximum atomic E-state index is 11.6. The van der Waals surface area contributed by atoms with Gasteiger partial charge in [0.1, 0.15) is 6.54 Å². The lowest BCUT2D eigenvalue weighted by atomic mass is 10.2. The van der Waals surface area contributed by atoms with Gasteiger partial charge in [0.2, 0.25) is 5.95 Å². The van der Waals surface area contributed by atoms with Crippen LogP contribution in [0.4, 0.5) is 5.95 Å². The number of sulfone groups is 1. The van der Waals surface area contributed by atoms with Crippen molar-refractivity contribution >= 4 is 21.8 Å². The maximum Gasteiger partial charge on any atom is 0.323 e. The van der Waals surface area contributed by atoms with Crippen molar-refractivity contribution in [2.75, 3.05) is 23.0 Å². The number of anilines is 1. The van der Waals surface area contributed by atoms with Crippen molar-refractivity contribution in [2.24, 2.45) is 0 Å². The maximum absolute atomic E-state index is 11.6. The normalized spacial score (nSPS) is 21.4. The lowest BCUT2D eigenvalue weighted by Crippen LogP contribution is -2.41. The van der Waals surface area contributed by atoms with Gasteiger partial charge in [-0.3, -0.25) is 4.79 Å². The summed E-state index contributed by atoms with van der Waals surface area (Å²) in [7, 11) is -3.06. The number of carboxylic acid groups (broad SMARTS) is 1. The Hall–Kier alpha value is -1.57. The molecule has 1 aliphatic heterocycles. The van der Waals surface area contributed by atoms with Crippen LogP contribution in [0.1, 0.15) is 13.3 Å². The van der Waals surface area contributed by atoms with Crippen LogP contribution in [0, 0.1) is 0 Å². The predicted molar refractivity (Wildman–Crippen MR) is 69.9 cm³/mol. The first-order valence-electron chi connectivity index (χ1n) is 6.13. The Morgan fingerprint density at radius 1 is 1.63 bits per heavy atom. The molecule has 1 N–H and O–H groups in total. The van der Waals surface area contributed by atoms with E-state index in [-0.39, 0.29) is 24.1 Å². The summed E-state index contributed by atoms with van der Waals surface area (Å²) in [6.45, 7) is 2.34. The van der Waals surface area contributed by atoms with E-state index >= 15 is 0 Å². The van der Waals surface area contributed by atoms with E-state index in [4.69, 9.17) is 5.11 Å². The van der Waals surface area contributed by atoms with Crippen LogP contribution in [-0.4, -0.2) is 53.1 Å². The third-order valence-corrected chi connectivity index (χ3v) is 5.00. The lowest BCUT2D eigenvalue weighted by molar-refractivity contribution is -0.135. The molecule has 1 aliphatic rings. The Kier molecular flexibility index (Phi) is 3.79. The number of aliphatic carboxylic acids is 1. The fourth-order valence-electron chi connectivity index (χ4n) is 2.34. The van der Waals surface area contributed by atoms with Gasteiger partial charge in [0, 0.05) is 25.0 Å². The molecule has 1 unspecified atom stereocenters. The van der Waals surface area contributed by atoms with Crippen molar-refractivity contribution in [3.8, 4) is 0 Å². The Morgan fingerprint density at radius 3 is 2.89 bits per heavy atom. The van der Waals surface area contributed by atoms with Gasteiger partial charge in [0.05, 0.1) is 11.5 Å². The first-order chi connectivity index (χ1) is 8.93. The minimum atomic E-state index is -3.06. The van der Waals surface area contributed by atoms with Gasteiger partial charge in [-0.2, -0.15) is 0 Å². The molecule has 8 heteroatoms. The molecule has 0 saturated carbocycles. The number of nitrogens with zero attached hydrogens (tertiary/aromatic N) is 3. The van der Waals surface area contributed by atoms with Gasteiger partial charge in [0.15, 0.2) is 9.84 Å². The van der Waals surface area contributed by atoms with Crippen LogP contribution in [0.5, 0.6) is 0 Å². The number of carboxylic acids is 1. The highest BCUT2D eigenvalue weighted by atomic mass is 32.2. The molecular formula is C11H17N3O4S. The molecular weight excluding hydrogens is 270 g/mol. The SMILES string of the molecule is CCn1ccnc1N(CC(=O)O)C1CCS(=O)(=O)C1. The summed E-state index contributed by atoms with van der Waals surface area (Å²) in [6, 6.07) is -0.311. The molecule has 1 aromatic heterocycles. The number of rotatable bonds is 5. The minimum Gasteiger partial charge on any atom is -0.480 e. The largest absolute Gasteiger partial charge is 0.480 e. The van der Waals surface area contributed by atoms with E-state index in [1.165, 1.54) is 0 Å². The number of aromatic nitrogens is 2. The average molecular weight is 287 g/mol. The fourth-order valence-corrected chi connectivity index (χ4v) is 4.07. The number of carbonyl (C=O) groups is 1. The summed E-state index contributed by atoms with van der Waals surface area (Å²) in [6.07, 6.45) is 3.80. The third kappa shape index (κ3) is 3.06. The van der Waals surface area contributed by atoms with E-state index in [2.05, 4.69) is 4.98 Å². The second-order valence-electron chi connectivity index (χ2n) is 4.59. The zero-order valence-corrected chi connectivity index (χ0v) is 11.5. The first kappa shape index (κ1) is 13.9. The summed E-state index contributed by atoms with van der Waals surface area (Å²) < 4.78 is 24.9. The van der Waals surface area contributed by atoms with Crippen LogP contribution >= 0.6 is 0 Å². The van der Waals surface area contributed by atoms with Crippen molar-refractivity contribution in [1.82, 2.24) is 9.55 Å². The molecule has 0 aliphatic carbocycles. The summed E-state index contributed by atoms with van der Waals surface area (Å²) in [5.41, 5.74) is 0. The highest BCUT2D eigenvalue weighted by Gasteiger charge is 2.34. The molecule has 0 amide bonds. The summed E-state index contributed by atoms with van der Waals surface area (Å²) >= 11 is 0. The van der Waals surface area contributed by atoms with Gasteiger partial charge in [-0.15, -0.1) is 0 Å². The van der Waals surface area contributed by atoms with E-state index in [1.807, 2.05) is 11.5 Å². The van der Waals surface area contributed by atoms with E-state index < -0.39 is 15.8 Å². The first-order valence-corrected chi connectivity index (χ1v) is 7.95. The van der Waals surface area contributed by atoms with Crippen LogP contribution < -0.4 is 4.90 Å². The number of hydrogen-bond acceptors (Lipinski definition) is 5. The zero-order chi connectivity index (χ0) is 14.0. The standard InChI is InChI=1S/C11H17N3O4S/c1-2-13-5-4-12-11(13)14(7-10(15)16)9-3-6-19(17,18)8-9/h4-5,9H,2-3,6-8H2,1H3,(H,15,16). The molecule has 1 aromatic rings. The zero-order valence-electron chi connectivity index (χ0n) is 10.7. The van der Waals surface area contributed by atoms with E-state index in [0.717, 1.165) is 0 Å². The molecule has 19 heavy (non-hydrogen) atoms. The monoisotopic (exact) mass is 287 g/mol. The van der Waals surface area contributed by atoms with Crippen molar-refractivity contribution in [2.45, 2.75) is 25.9 Å². The molecule has 1 saturated heterocycles. The molecule has 0 bridgehead atoms. The molecule has 106 valence electrons. The van der Waals surface area contributed by atoms with Gasteiger partial charge in [-0.1, -0.05) is 0 Å². The van der Waals surface area contributed by atoms with Gasteiger partial charge in [0.25, 0.3) is 0 Å². The highest BCUT2D eigenvalue weighted by molar-refractivity contribution is 7.91. The molecule has 2 heterocycles. The quantitative estimate of drug-likeness (QED) is 0.818. The van der Waals surface area contributed by atoms with Crippen LogP contribution in [0.3, 0.4) is 0 Å². The van der Waals surface area contributed by atoms with E-state index in [0.29, 0.717) is 18.9 Å². The number of hydrogen-bond donors (Lipinski definition) is 1. The molecule has 0 radical (unpaired) electrons. The molecule has 7 nitrogen and oxygen atoms in total. The Labute approximate surface area is 111 Å². The number of imidazole rings is 1. The molecule has 2 rings (SSSR count). The van der Waals surface area contributed by atoms with Crippen molar-refractivity contribution < 1.29 is 18.3 Å². The van der Waals surface area contributed by atoms with Crippen molar-refractivity contribution in [1.29, 1.82) is 0 Å². The summed E-state index contributed by atoms with van der Waals surface area (Å²) in [5, 5.41) is 9.01. The van der Waals surface area contributed by atoms with E-state index in [9.17, 15) is 13.2 Å². The number of aryl methyl sites for hydroxylation is 1. The van der Waals surface area contributed by atoms with Crippen LogP contribution in [0.25, 0.3) is 0 Å². The minimum absolute atomic E-state index is 0.00312. The van der Waals surface area contributed by atoms with Crippen LogP contribution in [-0.2, 0) is 21.2 Å². The summed E-state index contributed by atoms with van der Waals surface area (Å²) in [5.74, 6) is -0.362. The Bertz CT molecular complexity index is 566. The fraction of sp³-hybridized carbons (Fsp3) is 0.636. The highest BCUT2D eigenvalue weighted by Crippen LogP contribution is 2.23. The van der Waals surface area contributed by atoms with Gasteiger partial charge < -0.3 is 14.6 Å². The smallest absolute Gasteiger partial charge is 0.323 e. The third-order valence-electron chi connectivity index (χ3n) is 3.25. The Balaban J connectivity index is 2.29. The molecule has 0 aromatic carbocycles. The predicted octanol–water partition coefficient (Wildman–Crippen LogP) is -0.0189. The molecule has 1 atom stereocenters. The topological polar surface area (TPSA) is 92.5 Å². The van der Waals surface area contributed by atoms with Gasteiger partial charge in [-0.05, 0) is 13.3 Å². The van der Waals surface area contributed by atoms with Gasteiger partial charge in [-0.25, -0.2) is 13.4 Å². The van der Waals surface area contributed by atoms with Gasteiger partial charge >= 0.3 is 5.97 Å². The van der Waals surface area contributed by atoms with E-state index in [1.54, 1.807) is 17.3 Å². The second-order valence-corrected chi connectivity index (χ2v) is 6.82. The molecule has 1 fully saturated rings. The Morgan fingerprint density at radius 2 is 2.37 bits per heavy atom. The van der Waals surface area contributed by atoms with Crippen molar-refractivity contribution in [3.63, 3.8) is 0 Å². The van der Waals surface area contributed by atoms with Crippen LogP contribution in [0.15, 0.2) is 12.4 Å². The average Bonchev–Trinajstić information content (AvgIpc) is 2.91. The van der Waals surface area contributed by atoms with Crippen LogP contribution in [0.2, 0.25) is 0 Å². The van der Waals surface area contributed by atoms with Crippen molar-refractivity contribution in [3.05, 3.63) is 12.4 Å². The molecule has 0 spiro atoms.